The number of benzene rings is 1. The third-order valence-corrected chi connectivity index (χ3v) is 3.86. The number of ether oxygens (including phenoxy) is 1. The van der Waals surface area contributed by atoms with Crippen LogP contribution in [0, 0.1) is 0 Å². The molecule has 0 spiro atoms. The van der Waals surface area contributed by atoms with Gasteiger partial charge < -0.3 is 10.5 Å². The summed E-state index contributed by atoms with van der Waals surface area (Å²) < 4.78 is 30.8. The van der Waals surface area contributed by atoms with E-state index in [-0.39, 0.29) is 23.0 Å². The fourth-order valence-corrected chi connectivity index (χ4v) is 2.59. The number of hydrogen-bond acceptors (Lipinski definition) is 5. The lowest BCUT2D eigenvalue weighted by atomic mass is 10.2. The number of carbonyl (C=O) groups excluding carboxylic acids is 1. The third kappa shape index (κ3) is 3.52. The molecule has 0 unspecified atom stereocenters. The Labute approximate surface area is 106 Å². The van der Waals surface area contributed by atoms with Crippen molar-refractivity contribution in [3.8, 4) is 0 Å². The molecule has 0 aliphatic heterocycles. The Kier molecular flexibility index (Phi) is 4.83. The molecule has 100 valence electrons. The van der Waals surface area contributed by atoms with E-state index in [1.807, 2.05) is 0 Å². The average molecular weight is 272 g/mol. The molecule has 0 saturated heterocycles. The first-order valence-electron chi connectivity index (χ1n) is 5.31. The summed E-state index contributed by atoms with van der Waals surface area (Å²) in [7, 11) is -2.44. The molecule has 0 aliphatic carbocycles. The molecule has 0 radical (unpaired) electrons. The third-order valence-electron chi connectivity index (χ3n) is 2.28. The molecule has 6 nitrogen and oxygen atoms in total. The summed E-state index contributed by atoms with van der Waals surface area (Å²) in [5, 5.41) is 0. The quantitative estimate of drug-likeness (QED) is 0.741. The minimum absolute atomic E-state index is 0.00528. The van der Waals surface area contributed by atoms with Crippen LogP contribution in [0.25, 0.3) is 0 Å². The number of carbonyl (C=O) groups is 1. The molecule has 1 aromatic carbocycles. The Morgan fingerprint density at radius 1 is 1.50 bits per heavy atom. The SMILES string of the molecule is COC(=O)c1cccc(S(=O)(=O)N[C@H](C)CN)c1. The molecule has 7 heteroatoms. The number of rotatable bonds is 5. The summed E-state index contributed by atoms with van der Waals surface area (Å²) in [6.45, 7) is 1.84. The van der Waals surface area contributed by atoms with Crippen LogP contribution in [0.3, 0.4) is 0 Å². The molecule has 0 bridgehead atoms. The highest BCUT2D eigenvalue weighted by molar-refractivity contribution is 7.89. The lowest BCUT2D eigenvalue weighted by Crippen LogP contribution is -2.37. The van der Waals surface area contributed by atoms with Gasteiger partial charge in [-0.2, -0.15) is 0 Å². The molecule has 0 saturated carbocycles. The summed E-state index contributed by atoms with van der Waals surface area (Å²) in [5.41, 5.74) is 5.54. The van der Waals surface area contributed by atoms with Crippen molar-refractivity contribution >= 4 is 16.0 Å². The largest absolute Gasteiger partial charge is 0.465 e. The van der Waals surface area contributed by atoms with E-state index in [4.69, 9.17) is 5.73 Å². The van der Waals surface area contributed by atoms with Crippen molar-refractivity contribution in [3.05, 3.63) is 29.8 Å². The van der Waals surface area contributed by atoms with Gasteiger partial charge in [-0.3, -0.25) is 0 Å². The number of sulfonamides is 1. The van der Waals surface area contributed by atoms with Crippen LogP contribution in [0.5, 0.6) is 0 Å². The fourth-order valence-electron chi connectivity index (χ4n) is 1.29. The Morgan fingerprint density at radius 3 is 2.72 bits per heavy atom. The van der Waals surface area contributed by atoms with Crippen molar-refractivity contribution < 1.29 is 17.9 Å². The first-order valence-corrected chi connectivity index (χ1v) is 6.80. The van der Waals surface area contributed by atoms with Gasteiger partial charge in [0.2, 0.25) is 10.0 Å². The second-order valence-electron chi connectivity index (χ2n) is 3.78. The molecular formula is C11H16N2O4S. The molecule has 1 rings (SSSR count). The molecule has 0 heterocycles. The maximum atomic E-state index is 11.9. The second kappa shape index (κ2) is 5.94. The highest BCUT2D eigenvalue weighted by Gasteiger charge is 2.18. The Balaban J connectivity index is 3.06. The lowest BCUT2D eigenvalue weighted by molar-refractivity contribution is 0.0600. The highest BCUT2D eigenvalue weighted by atomic mass is 32.2. The first kappa shape index (κ1) is 14.6. The normalized spacial score (nSPS) is 13.1. The van der Waals surface area contributed by atoms with Crippen LogP contribution in [-0.4, -0.2) is 34.1 Å². The predicted octanol–water partition coefficient (Wildman–Crippen LogP) is 0.0987. The number of nitrogens with one attached hydrogen (secondary N) is 1. The molecule has 0 aliphatic rings. The van der Waals surface area contributed by atoms with Gasteiger partial charge in [-0.1, -0.05) is 6.07 Å². The number of methoxy groups -OCH3 is 1. The summed E-state index contributed by atoms with van der Waals surface area (Å²) in [4.78, 5) is 11.3. The molecular weight excluding hydrogens is 256 g/mol. The zero-order valence-corrected chi connectivity index (χ0v) is 11.0. The van der Waals surface area contributed by atoms with Crippen molar-refractivity contribution in [2.24, 2.45) is 5.73 Å². The Bertz CT molecular complexity index is 528. The molecule has 3 N–H and O–H groups in total. The molecule has 1 aromatic rings. The van der Waals surface area contributed by atoms with Gasteiger partial charge in [-0.05, 0) is 25.1 Å². The van der Waals surface area contributed by atoms with E-state index in [1.54, 1.807) is 6.92 Å². The summed E-state index contributed by atoms with van der Waals surface area (Å²) >= 11 is 0. The van der Waals surface area contributed by atoms with E-state index in [2.05, 4.69) is 9.46 Å². The Morgan fingerprint density at radius 2 is 2.17 bits per heavy atom. The van der Waals surface area contributed by atoms with E-state index in [9.17, 15) is 13.2 Å². The standard InChI is InChI=1S/C11H16N2O4S/c1-8(7-12)13-18(15,16)10-5-3-4-9(6-10)11(14)17-2/h3-6,8,13H,7,12H2,1-2H3/t8-/m1/s1. The van der Waals surface area contributed by atoms with E-state index < -0.39 is 16.0 Å². The number of nitrogens with two attached hydrogens (primary N) is 1. The maximum absolute atomic E-state index is 11.9. The second-order valence-corrected chi connectivity index (χ2v) is 5.49. The van der Waals surface area contributed by atoms with Crippen LogP contribution >= 0.6 is 0 Å². The van der Waals surface area contributed by atoms with Crippen molar-refractivity contribution in [2.45, 2.75) is 17.9 Å². The smallest absolute Gasteiger partial charge is 0.337 e. The number of hydrogen-bond donors (Lipinski definition) is 2. The predicted molar refractivity (Wildman–Crippen MR) is 66.6 cm³/mol. The minimum Gasteiger partial charge on any atom is -0.465 e. The zero-order valence-electron chi connectivity index (χ0n) is 10.2. The Hall–Kier alpha value is -1.44. The van der Waals surface area contributed by atoms with Gasteiger partial charge in [0.05, 0.1) is 17.6 Å². The van der Waals surface area contributed by atoms with Crippen LogP contribution in [0.4, 0.5) is 0 Å². The van der Waals surface area contributed by atoms with Crippen molar-refractivity contribution in [2.75, 3.05) is 13.7 Å². The van der Waals surface area contributed by atoms with Crippen LogP contribution < -0.4 is 10.5 Å². The topological polar surface area (TPSA) is 98.5 Å². The summed E-state index contributed by atoms with van der Waals surface area (Å²) in [6, 6.07) is 5.25. The van der Waals surface area contributed by atoms with Crippen molar-refractivity contribution in [3.63, 3.8) is 0 Å². The molecule has 0 aromatic heterocycles. The molecule has 1 atom stereocenters. The van der Waals surface area contributed by atoms with Crippen LogP contribution in [0.15, 0.2) is 29.2 Å². The van der Waals surface area contributed by atoms with Gasteiger partial charge in [0.25, 0.3) is 0 Å². The maximum Gasteiger partial charge on any atom is 0.337 e. The van der Waals surface area contributed by atoms with Gasteiger partial charge in [-0.25, -0.2) is 17.9 Å². The van der Waals surface area contributed by atoms with Crippen LogP contribution in [-0.2, 0) is 14.8 Å². The molecule has 18 heavy (non-hydrogen) atoms. The average Bonchev–Trinajstić information content (AvgIpc) is 2.37. The van der Waals surface area contributed by atoms with Gasteiger partial charge >= 0.3 is 5.97 Å². The summed E-state index contributed by atoms with van der Waals surface area (Å²) in [6.07, 6.45) is 0. The van der Waals surface area contributed by atoms with Crippen molar-refractivity contribution in [1.82, 2.24) is 4.72 Å². The molecule has 0 amide bonds. The van der Waals surface area contributed by atoms with E-state index in [1.165, 1.54) is 31.4 Å². The molecule has 0 fully saturated rings. The van der Waals surface area contributed by atoms with Crippen LogP contribution in [0.1, 0.15) is 17.3 Å². The minimum atomic E-state index is -3.67. The highest BCUT2D eigenvalue weighted by Crippen LogP contribution is 2.12. The van der Waals surface area contributed by atoms with Gasteiger partial charge in [-0.15, -0.1) is 0 Å². The summed E-state index contributed by atoms with van der Waals surface area (Å²) in [5.74, 6) is -0.584. The van der Waals surface area contributed by atoms with Gasteiger partial charge in [0.15, 0.2) is 0 Å². The monoisotopic (exact) mass is 272 g/mol. The zero-order chi connectivity index (χ0) is 13.8. The fraction of sp³-hybridized carbons (Fsp3) is 0.364. The van der Waals surface area contributed by atoms with Gasteiger partial charge in [0, 0.05) is 12.6 Å². The van der Waals surface area contributed by atoms with Gasteiger partial charge in [0.1, 0.15) is 0 Å². The van der Waals surface area contributed by atoms with Crippen LogP contribution in [0.2, 0.25) is 0 Å². The van der Waals surface area contributed by atoms with E-state index in [0.717, 1.165) is 0 Å². The van der Waals surface area contributed by atoms with E-state index >= 15 is 0 Å². The number of esters is 1. The lowest BCUT2D eigenvalue weighted by Gasteiger charge is -2.12. The van der Waals surface area contributed by atoms with E-state index in [0.29, 0.717) is 0 Å². The first-order chi connectivity index (χ1) is 8.40. The van der Waals surface area contributed by atoms with Crippen molar-refractivity contribution in [1.29, 1.82) is 0 Å².